The van der Waals surface area contributed by atoms with Gasteiger partial charge in [-0.1, -0.05) is 12.1 Å². The van der Waals surface area contributed by atoms with Crippen molar-refractivity contribution in [3.8, 4) is 11.3 Å². The Bertz CT molecular complexity index is 1270. The van der Waals surface area contributed by atoms with Gasteiger partial charge in [0, 0.05) is 35.1 Å². The van der Waals surface area contributed by atoms with Crippen molar-refractivity contribution in [2.24, 2.45) is 0 Å². The molecule has 0 aliphatic heterocycles. The molecule has 0 aliphatic rings. The molecule has 11 heteroatoms. The Morgan fingerprint density at radius 2 is 1.84 bits per heavy atom. The number of amides is 2. The number of carbonyl (C=O) groups excluding carboxylic acids is 1. The number of carbonyl (C=O) groups is 1. The predicted molar refractivity (Wildman–Crippen MR) is 109 cm³/mol. The van der Waals surface area contributed by atoms with E-state index in [1.54, 1.807) is 12.3 Å². The first-order chi connectivity index (χ1) is 15.2. The van der Waals surface area contributed by atoms with Crippen LogP contribution in [0.25, 0.3) is 22.2 Å². The van der Waals surface area contributed by atoms with Gasteiger partial charge in [-0.05, 0) is 36.8 Å². The van der Waals surface area contributed by atoms with Gasteiger partial charge >= 0.3 is 12.2 Å². The van der Waals surface area contributed by atoms with Gasteiger partial charge in [0.05, 0.1) is 5.52 Å². The van der Waals surface area contributed by atoms with Gasteiger partial charge in [-0.15, -0.1) is 0 Å². The molecule has 0 spiro atoms. The number of nitrogens with one attached hydrogen (secondary N) is 3. The average molecular weight is 444 g/mol. The van der Waals surface area contributed by atoms with Gasteiger partial charge in [-0.3, -0.25) is 15.4 Å². The summed E-state index contributed by atoms with van der Waals surface area (Å²) in [7, 11) is 0. The van der Waals surface area contributed by atoms with Crippen LogP contribution in [0.2, 0.25) is 0 Å². The number of anilines is 1. The highest BCUT2D eigenvalue weighted by Crippen LogP contribution is 2.33. The minimum absolute atomic E-state index is 0.0242. The molecule has 3 N–H and O–H groups in total. The van der Waals surface area contributed by atoms with E-state index in [0.717, 1.165) is 35.5 Å². The highest BCUT2D eigenvalue weighted by molar-refractivity contribution is 5.95. The lowest BCUT2D eigenvalue weighted by Crippen LogP contribution is -2.40. The molecule has 0 radical (unpaired) electrons. The van der Waals surface area contributed by atoms with Crippen LogP contribution in [0.15, 0.2) is 54.9 Å². The molecular formula is C21H16F4N6O. The predicted octanol–water partition coefficient (Wildman–Crippen LogP) is 4.89. The Kier molecular flexibility index (Phi) is 5.47. The van der Waals surface area contributed by atoms with E-state index < -0.39 is 24.1 Å². The molecule has 4 rings (SSSR count). The molecule has 32 heavy (non-hydrogen) atoms. The summed E-state index contributed by atoms with van der Waals surface area (Å²) in [5.74, 6) is -0.659. The molecule has 0 bridgehead atoms. The summed E-state index contributed by atoms with van der Waals surface area (Å²) in [6.07, 6.45) is -1.68. The van der Waals surface area contributed by atoms with E-state index in [4.69, 9.17) is 0 Å². The van der Waals surface area contributed by atoms with Crippen molar-refractivity contribution >= 4 is 22.8 Å². The number of benzene rings is 1. The molecule has 164 valence electrons. The summed E-state index contributed by atoms with van der Waals surface area (Å²) in [5.41, 5.74) is 2.48. The first-order valence-electron chi connectivity index (χ1n) is 9.37. The summed E-state index contributed by atoms with van der Waals surface area (Å²) < 4.78 is 53.4. The second-order valence-corrected chi connectivity index (χ2v) is 7.00. The number of halogens is 4. The van der Waals surface area contributed by atoms with Crippen LogP contribution in [0.3, 0.4) is 0 Å². The maximum atomic E-state index is 13.4. The van der Waals surface area contributed by atoms with Crippen molar-refractivity contribution in [1.29, 1.82) is 0 Å². The fourth-order valence-corrected chi connectivity index (χ4v) is 3.19. The topological polar surface area (TPSA) is 95.6 Å². The minimum atomic E-state index is -4.78. The number of alkyl halides is 3. The van der Waals surface area contributed by atoms with Crippen molar-refractivity contribution in [1.82, 2.24) is 25.5 Å². The number of fused-ring (bicyclic) bond motifs is 1. The van der Waals surface area contributed by atoms with Gasteiger partial charge in [0.2, 0.25) is 0 Å². The van der Waals surface area contributed by atoms with Crippen molar-refractivity contribution < 1.29 is 22.4 Å². The van der Waals surface area contributed by atoms with Crippen LogP contribution in [-0.2, 0) is 0 Å². The lowest BCUT2D eigenvalue weighted by molar-refractivity contribution is -0.154. The van der Waals surface area contributed by atoms with Gasteiger partial charge in [0.1, 0.15) is 17.3 Å². The molecule has 3 aromatic heterocycles. The van der Waals surface area contributed by atoms with Crippen molar-refractivity contribution in [2.75, 3.05) is 5.32 Å². The number of aromatic amines is 1. The van der Waals surface area contributed by atoms with Gasteiger partial charge < -0.3 is 5.32 Å². The Morgan fingerprint density at radius 1 is 1.09 bits per heavy atom. The number of aromatic nitrogens is 4. The van der Waals surface area contributed by atoms with E-state index in [1.165, 1.54) is 12.3 Å². The minimum Gasteiger partial charge on any atom is -0.322 e. The lowest BCUT2D eigenvalue weighted by Gasteiger charge is -2.22. The Labute approximate surface area is 178 Å². The lowest BCUT2D eigenvalue weighted by atomic mass is 10.1. The third-order valence-corrected chi connectivity index (χ3v) is 4.67. The quantitative estimate of drug-likeness (QED) is 0.391. The van der Waals surface area contributed by atoms with Crippen LogP contribution in [0.5, 0.6) is 0 Å². The SMILES string of the molecule is Cc1cc(-c2n[nH]c3cc(NC(=O)N[C@H](c4ccc(F)cc4)C(F)(F)F)ncc23)ccn1. The third-order valence-electron chi connectivity index (χ3n) is 4.67. The molecule has 0 saturated carbocycles. The Balaban J connectivity index is 1.53. The maximum Gasteiger partial charge on any atom is 0.412 e. The molecule has 2 amide bonds. The Morgan fingerprint density at radius 3 is 2.53 bits per heavy atom. The number of H-pyrrole nitrogens is 1. The number of aryl methyl sites for hydroxylation is 1. The number of rotatable bonds is 4. The summed E-state index contributed by atoms with van der Waals surface area (Å²) in [6, 6.07) is 5.37. The summed E-state index contributed by atoms with van der Waals surface area (Å²) in [6.45, 7) is 1.84. The fourth-order valence-electron chi connectivity index (χ4n) is 3.19. The van der Waals surface area contributed by atoms with E-state index in [9.17, 15) is 22.4 Å². The van der Waals surface area contributed by atoms with E-state index >= 15 is 0 Å². The summed E-state index contributed by atoms with van der Waals surface area (Å²) in [5, 5.41) is 11.9. The molecule has 0 aliphatic carbocycles. The highest BCUT2D eigenvalue weighted by Gasteiger charge is 2.42. The van der Waals surface area contributed by atoms with Gasteiger partial charge in [0.25, 0.3) is 0 Å². The Hall–Kier alpha value is -4.02. The zero-order chi connectivity index (χ0) is 22.9. The van der Waals surface area contributed by atoms with Crippen LogP contribution in [0.1, 0.15) is 17.3 Å². The summed E-state index contributed by atoms with van der Waals surface area (Å²) >= 11 is 0. The van der Waals surface area contributed by atoms with Gasteiger partial charge in [-0.25, -0.2) is 14.2 Å². The first-order valence-corrected chi connectivity index (χ1v) is 9.37. The zero-order valence-corrected chi connectivity index (χ0v) is 16.5. The first kappa shape index (κ1) is 21.2. The molecule has 1 atom stereocenters. The monoisotopic (exact) mass is 444 g/mol. The van der Waals surface area contributed by atoms with E-state index in [2.05, 4.69) is 25.5 Å². The van der Waals surface area contributed by atoms with Crippen LogP contribution < -0.4 is 10.6 Å². The standard InChI is InChI=1S/C21H16F4N6O/c1-11-8-13(6-7-26-11)18-15-10-27-17(9-16(15)30-31-18)28-20(32)29-19(21(23,24)25)12-2-4-14(22)5-3-12/h2-10,19H,1H3,(H,30,31)(H2,27,28,29,32)/t19-/m1/s1. The number of pyridine rings is 2. The number of hydrogen-bond acceptors (Lipinski definition) is 4. The largest absolute Gasteiger partial charge is 0.412 e. The van der Waals surface area contributed by atoms with Crippen molar-refractivity contribution in [3.05, 3.63) is 71.9 Å². The molecule has 0 fully saturated rings. The number of nitrogens with zero attached hydrogens (tertiary/aromatic N) is 3. The maximum absolute atomic E-state index is 13.4. The average Bonchev–Trinajstić information content (AvgIpc) is 3.15. The van der Waals surface area contributed by atoms with Crippen LogP contribution in [-0.4, -0.2) is 32.4 Å². The molecule has 0 saturated heterocycles. The fraction of sp³-hybridized carbons (Fsp3) is 0.143. The van der Waals surface area contributed by atoms with Gasteiger partial charge in [0.15, 0.2) is 6.04 Å². The normalized spacial score (nSPS) is 12.5. The molecule has 3 heterocycles. The molecular weight excluding hydrogens is 428 g/mol. The smallest absolute Gasteiger partial charge is 0.322 e. The second kappa shape index (κ2) is 8.25. The van der Waals surface area contributed by atoms with E-state index in [0.29, 0.717) is 16.6 Å². The molecule has 4 aromatic rings. The zero-order valence-electron chi connectivity index (χ0n) is 16.5. The van der Waals surface area contributed by atoms with Gasteiger partial charge in [-0.2, -0.15) is 18.3 Å². The van der Waals surface area contributed by atoms with Crippen LogP contribution >= 0.6 is 0 Å². The third kappa shape index (κ3) is 4.51. The molecule has 0 unspecified atom stereocenters. The second-order valence-electron chi connectivity index (χ2n) is 7.00. The summed E-state index contributed by atoms with van der Waals surface area (Å²) in [4.78, 5) is 20.5. The number of hydrogen-bond donors (Lipinski definition) is 3. The van der Waals surface area contributed by atoms with Crippen LogP contribution in [0.4, 0.5) is 28.2 Å². The number of urea groups is 1. The van der Waals surface area contributed by atoms with Crippen molar-refractivity contribution in [3.63, 3.8) is 0 Å². The van der Waals surface area contributed by atoms with E-state index in [-0.39, 0.29) is 11.4 Å². The molecule has 1 aromatic carbocycles. The highest BCUT2D eigenvalue weighted by atomic mass is 19.4. The van der Waals surface area contributed by atoms with E-state index in [1.807, 2.05) is 18.3 Å². The van der Waals surface area contributed by atoms with Crippen molar-refractivity contribution in [2.45, 2.75) is 19.1 Å². The molecule has 7 nitrogen and oxygen atoms in total. The van der Waals surface area contributed by atoms with Crippen LogP contribution in [0, 0.1) is 12.7 Å².